The molecule has 2 N–H and O–H groups in total. The summed E-state index contributed by atoms with van der Waals surface area (Å²) in [5, 5.41) is 9.84. The van der Waals surface area contributed by atoms with Gasteiger partial charge in [0.05, 0.1) is 0 Å². The van der Waals surface area contributed by atoms with Crippen LogP contribution in [0.3, 0.4) is 0 Å². The predicted molar refractivity (Wildman–Crippen MR) is 73.2 cm³/mol. The molecule has 0 spiro atoms. The summed E-state index contributed by atoms with van der Waals surface area (Å²) in [6, 6.07) is 7.81. The number of benzene rings is 1. The fourth-order valence-electron chi connectivity index (χ4n) is 2.13. The predicted octanol–water partition coefficient (Wildman–Crippen LogP) is 1.96. The highest BCUT2D eigenvalue weighted by atomic mass is 16.4. The number of hydrogen-bond acceptors (Lipinski definition) is 4. The summed E-state index contributed by atoms with van der Waals surface area (Å²) in [4.78, 5) is 26.5. The number of aromatic nitrogens is 4. The maximum Gasteiger partial charge on any atom is 0.311 e. The standard InChI is InChI=1S/C14H12N4O2/c1-8-16-12(6-13(19)20)18-14(17-8)10-7-15-11-5-3-2-4-9(10)11/h2-5,7,15H,6H2,1H3,(H,19,20). The van der Waals surface area contributed by atoms with E-state index in [-0.39, 0.29) is 12.2 Å². The summed E-state index contributed by atoms with van der Waals surface area (Å²) in [5.74, 6) is 0.313. The van der Waals surface area contributed by atoms with Crippen molar-refractivity contribution in [1.82, 2.24) is 19.9 Å². The van der Waals surface area contributed by atoms with Crippen molar-refractivity contribution in [2.45, 2.75) is 13.3 Å². The van der Waals surface area contributed by atoms with E-state index < -0.39 is 5.97 Å². The van der Waals surface area contributed by atoms with Gasteiger partial charge in [-0.3, -0.25) is 4.79 Å². The quantitative estimate of drug-likeness (QED) is 0.757. The lowest BCUT2D eigenvalue weighted by Crippen LogP contribution is -2.08. The number of hydrogen-bond donors (Lipinski definition) is 2. The van der Waals surface area contributed by atoms with Gasteiger partial charge >= 0.3 is 5.97 Å². The van der Waals surface area contributed by atoms with Gasteiger partial charge in [0.25, 0.3) is 0 Å². The number of nitrogens with zero attached hydrogens (tertiary/aromatic N) is 3. The Balaban J connectivity index is 2.14. The summed E-state index contributed by atoms with van der Waals surface area (Å²) >= 11 is 0. The van der Waals surface area contributed by atoms with Crippen molar-refractivity contribution in [3.05, 3.63) is 42.1 Å². The Bertz CT molecular complexity index is 795. The second-order valence-corrected chi connectivity index (χ2v) is 4.44. The normalized spacial score (nSPS) is 10.8. The lowest BCUT2D eigenvalue weighted by Gasteiger charge is -2.03. The van der Waals surface area contributed by atoms with Crippen molar-refractivity contribution in [1.29, 1.82) is 0 Å². The number of fused-ring (bicyclic) bond motifs is 1. The third-order valence-electron chi connectivity index (χ3n) is 2.93. The van der Waals surface area contributed by atoms with Gasteiger partial charge in [-0.2, -0.15) is 0 Å². The SMILES string of the molecule is Cc1nc(CC(=O)O)nc(-c2c[nH]c3ccccc23)n1. The zero-order chi connectivity index (χ0) is 14.1. The molecule has 0 saturated carbocycles. The van der Waals surface area contributed by atoms with E-state index in [9.17, 15) is 4.79 Å². The van der Waals surface area contributed by atoms with Crippen LogP contribution in [0.4, 0.5) is 0 Å². The average molecular weight is 268 g/mol. The monoisotopic (exact) mass is 268 g/mol. The number of nitrogens with one attached hydrogen (secondary N) is 1. The molecule has 0 radical (unpaired) electrons. The molecule has 0 aliphatic rings. The van der Waals surface area contributed by atoms with Crippen LogP contribution in [-0.2, 0) is 11.2 Å². The summed E-state index contributed by atoms with van der Waals surface area (Å²) in [7, 11) is 0. The van der Waals surface area contributed by atoms with Gasteiger partial charge in [-0.1, -0.05) is 18.2 Å². The first-order chi connectivity index (χ1) is 9.63. The van der Waals surface area contributed by atoms with E-state index in [4.69, 9.17) is 5.11 Å². The van der Waals surface area contributed by atoms with Crippen LogP contribution in [0.15, 0.2) is 30.5 Å². The molecular weight excluding hydrogens is 256 g/mol. The molecule has 6 heteroatoms. The number of aromatic amines is 1. The molecule has 3 rings (SSSR count). The van der Waals surface area contributed by atoms with E-state index >= 15 is 0 Å². The van der Waals surface area contributed by atoms with Crippen molar-refractivity contribution in [3.8, 4) is 11.4 Å². The Morgan fingerprint density at radius 2 is 2.05 bits per heavy atom. The van der Waals surface area contributed by atoms with Crippen molar-refractivity contribution in [2.24, 2.45) is 0 Å². The van der Waals surface area contributed by atoms with Gasteiger partial charge in [0.2, 0.25) is 0 Å². The zero-order valence-electron chi connectivity index (χ0n) is 10.8. The minimum Gasteiger partial charge on any atom is -0.481 e. The topological polar surface area (TPSA) is 91.8 Å². The minimum atomic E-state index is -0.958. The van der Waals surface area contributed by atoms with Crippen LogP contribution in [0.2, 0.25) is 0 Å². The molecule has 0 fully saturated rings. The Labute approximate surface area is 114 Å². The molecule has 3 aromatic rings. The van der Waals surface area contributed by atoms with Crippen LogP contribution in [0.25, 0.3) is 22.3 Å². The first-order valence-corrected chi connectivity index (χ1v) is 6.13. The number of carboxylic acid groups (broad SMARTS) is 1. The Hall–Kier alpha value is -2.76. The van der Waals surface area contributed by atoms with E-state index in [1.807, 2.05) is 30.5 Å². The van der Waals surface area contributed by atoms with Crippen LogP contribution in [0.1, 0.15) is 11.6 Å². The van der Waals surface area contributed by atoms with Crippen LogP contribution < -0.4 is 0 Å². The van der Waals surface area contributed by atoms with E-state index in [0.29, 0.717) is 11.6 Å². The van der Waals surface area contributed by atoms with Crippen LogP contribution in [0, 0.1) is 6.92 Å². The fraction of sp³-hybridized carbons (Fsp3) is 0.143. The van der Waals surface area contributed by atoms with Crippen LogP contribution >= 0.6 is 0 Å². The number of carbonyl (C=O) groups is 1. The first-order valence-electron chi connectivity index (χ1n) is 6.13. The molecule has 0 saturated heterocycles. The molecule has 0 aliphatic heterocycles. The van der Waals surface area contributed by atoms with Gasteiger partial charge < -0.3 is 10.1 Å². The van der Waals surface area contributed by atoms with E-state index in [1.165, 1.54) is 0 Å². The number of aliphatic carboxylic acids is 1. The molecule has 0 unspecified atom stereocenters. The summed E-state index contributed by atoms with van der Waals surface area (Å²) < 4.78 is 0. The highest BCUT2D eigenvalue weighted by Crippen LogP contribution is 2.25. The number of carboxylic acids is 1. The number of aryl methyl sites for hydroxylation is 1. The maximum absolute atomic E-state index is 10.8. The molecule has 0 bridgehead atoms. The molecule has 0 amide bonds. The molecule has 0 aliphatic carbocycles. The fourth-order valence-corrected chi connectivity index (χ4v) is 2.13. The second-order valence-electron chi connectivity index (χ2n) is 4.44. The molecule has 0 atom stereocenters. The van der Waals surface area contributed by atoms with Crippen molar-refractivity contribution in [3.63, 3.8) is 0 Å². The minimum absolute atomic E-state index is 0.210. The van der Waals surface area contributed by atoms with E-state index in [1.54, 1.807) is 6.92 Å². The van der Waals surface area contributed by atoms with Crippen LogP contribution in [-0.4, -0.2) is 31.0 Å². The van der Waals surface area contributed by atoms with Gasteiger partial charge in [0.1, 0.15) is 18.1 Å². The molecular formula is C14H12N4O2. The maximum atomic E-state index is 10.8. The van der Waals surface area contributed by atoms with Gasteiger partial charge in [0, 0.05) is 22.7 Å². The number of rotatable bonds is 3. The lowest BCUT2D eigenvalue weighted by molar-refractivity contribution is -0.136. The molecule has 2 heterocycles. The van der Waals surface area contributed by atoms with E-state index in [0.717, 1.165) is 16.5 Å². The molecule has 6 nitrogen and oxygen atoms in total. The van der Waals surface area contributed by atoms with Gasteiger partial charge in [0.15, 0.2) is 5.82 Å². The highest BCUT2D eigenvalue weighted by molar-refractivity contribution is 5.93. The third-order valence-corrected chi connectivity index (χ3v) is 2.93. The summed E-state index contributed by atoms with van der Waals surface area (Å²) in [5.41, 5.74) is 1.83. The van der Waals surface area contributed by atoms with Gasteiger partial charge in [-0.05, 0) is 13.0 Å². The largest absolute Gasteiger partial charge is 0.481 e. The third kappa shape index (κ3) is 2.23. The molecule has 100 valence electrons. The lowest BCUT2D eigenvalue weighted by atomic mass is 10.1. The molecule has 20 heavy (non-hydrogen) atoms. The summed E-state index contributed by atoms with van der Waals surface area (Å²) in [6.45, 7) is 1.73. The Morgan fingerprint density at radius 3 is 2.85 bits per heavy atom. The van der Waals surface area contributed by atoms with Gasteiger partial charge in [-0.25, -0.2) is 15.0 Å². The molecule has 2 aromatic heterocycles. The van der Waals surface area contributed by atoms with Gasteiger partial charge in [-0.15, -0.1) is 0 Å². The number of H-pyrrole nitrogens is 1. The second kappa shape index (κ2) is 4.73. The smallest absolute Gasteiger partial charge is 0.311 e. The number of para-hydroxylation sites is 1. The average Bonchev–Trinajstić information content (AvgIpc) is 2.80. The highest BCUT2D eigenvalue weighted by Gasteiger charge is 2.12. The zero-order valence-corrected chi connectivity index (χ0v) is 10.8. The first kappa shape index (κ1) is 12.3. The van der Waals surface area contributed by atoms with Crippen molar-refractivity contribution >= 4 is 16.9 Å². The van der Waals surface area contributed by atoms with E-state index in [2.05, 4.69) is 19.9 Å². The van der Waals surface area contributed by atoms with Crippen molar-refractivity contribution < 1.29 is 9.90 Å². The Morgan fingerprint density at radius 1 is 1.25 bits per heavy atom. The van der Waals surface area contributed by atoms with Crippen LogP contribution in [0.5, 0.6) is 0 Å². The molecule has 1 aromatic carbocycles. The summed E-state index contributed by atoms with van der Waals surface area (Å²) in [6.07, 6.45) is 1.61. The Kier molecular flexibility index (Phi) is 2.90. The van der Waals surface area contributed by atoms with Crippen molar-refractivity contribution in [2.75, 3.05) is 0 Å².